The van der Waals surface area contributed by atoms with Gasteiger partial charge in [-0.2, -0.15) is 5.26 Å². The van der Waals surface area contributed by atoms with Gasteiger partial charge in [0.1, 0.15) is 6.07 Å². The Morgan fingerprint density at radius 2 is 2.00 bits per heavy atom. The molecule has 1 heterocycles. The molecule has 8 heteroatoms. The van der Waals surface area contributed by atoms with Crippen LogP contribution in [-0.4, -0.2) is 34.7 Å². The van der Waals surface area contributed by atoms with Gasteiger partial charge >= 0.3 is 0 Å². The molecule has 0 spiro atoms. The van der Waals surface area contributed by atoms with E-state index in [1.165, 1.54) is 0 Å². The maximum atomic E-state index is 9.13. The topological polar surface area (TPSA) is 96.4 Å². The summed E-state index contributed by atoms with van der Waals surface area (Å²) in [5, 5.41) is 13.8. The first-order valence-electron chi connectivity index (χ1n) is 6.35. The highest BCUT2D eigenvalue weighted by Gasteiger charge is 2.22. The highest BCUT2D eigenvalue weighted by molar-refractivity contribution is 7.69. The molecule has 116 valence electrons. The highest BCUT2D eigenvalue weighted by Crippen LogP contribution is 2.31. The minimum atomic E-state index is -2.62. The van der Waals surface area contributed by atoms with Crippen LogP contribution >= 0.6 is 11.6 Å². The molecule has 1 fully saturated rings. The Morgan fingerprint density at radius 1 is 1.43 bits per heavy atom. The number of rotatable bonds is 2. The lowest BCUT2D eigenvalue weighted by molar-refractivity contribution is 0.0855. The molecule has 0 bridgehead atoms. The van der Waals surface area contributed by atoms with E-state index < -0.39 is 10.9 Å². The van der Waals surface area contributed by atoms with E-state index in [9.17, 15) is 0 Å². The third kappa shape index (κ3) is 5.52. The van der Waals surface area contributed by atoms with Gasteiger partial charge in [0.05, 0.1) is 16.3 Å². The quantitative estimate of drug-likeness (QED) is 0.796. The first kappa shape index (κ1) is 17.7. The molecule has 1 aromatic carbocycles. The zero-order valence-electron chi connectivity index (χ0n) is 11.7. The average Bonchev–Trinajstić information content (AvgIpc) is 2.46. The van der Waals surface area contributed by atoms with E-state index in [0.717, 1.165) is 31.7 Å². The third-order valence-corrected chi connectivity index (χ3v) is 3.50. The van der Waals surface area contributed by atoms with Crippen LogP contribution in [-0.2, 0) is 15.6 Å². The number of nitrogens with two attached hydrogens (primary N) is 1. The van der Waals surface area contributed by atoms with E-state index in [-0.39, 0.29) is 0 Å². The molecule has 0 amide bonds. The molecule has 6 nitrogen and oxygen atoms in total. The Kier molecular flexibility index (Phi) is 7.47. The second kappa shape index (κ2) is 8.85. The summed E-state index contributed by atoms with van der Waals surface area (Å²) < 4.78 is 23.0. The van der Waals surface area contributed by atoms with Crippen molar-refractivity contribution in [3.8, 4) is 6.07 Å². The molecular formula is C13H18ClN3O3S. The summed E-state index contributed by atoms with van der Waals surface area (Å²) in [5.41, 5.74) is 1.47. The van der Waals surface area contributed by atoms with Crippen molar-refractivity contribution in [3.05, 3.63) is 28.8 Å². The van der Waals surface area contributed by atoms with Crippen molar-refractivity contribution in [3.63, 3.8) is 0 Å². The van der Waals surface area contributed by atoms with Crippen LogP contribution in [0.25, 0.3) is 0 Å². The van der Waals surface area contributed by atoms with E-state index in [1.54, 1.807) is 6.07 Å². The minimum Gasteiger partial charge on any atom is -0.381 e. The van der Waals surface area contributed by atoms with Crippen LogP contribution in [0.4, 0.5) is 5.69 Å². The molecule has 0 atom stereocenters. The summed E-state index contributed by atoms with van der Waals surface area (Å²) in [4.78, 5) is 2.11. The zero-order valence-corrected chi connectivity index (χ0v) is 13.3. The number of hydrogen-bond donors (Lipinski definition) is 2. The lowest BCUT2D eigenvalue weighted by Crippen LogP contribution is -2.37. The van der Waals surface area contributed by atoms with Gasteiger partial charge in [0, 0.05) is 26.3 Å². The molecule has 0 aliphatic carbocycles. The number of ether oxygens (including phenoxy) is 1. The van der Waals surface area contributed by atoms with Crippen molar-refractivity contribution in [1.29, 1.82) is 5.26 Å². The molecule has 1 aliphatic rings. The van der Waals surface area contributed by atoms with Crippen LogP contribution < -0.4 is 10.0 Å². The van der Waals surface area contributed by atoms with Gasteiger partial charge in [-0.15, -0.1) is 0 Å². The van der Waals surface area contributed by atoms with Gasteiger partial charge in [-0.05, 0) is 25.0 Å². The third-order valence-electron chi connectivity index (χ3n) is 3.20. The first-order valence-corrected chi connectivity index (χ1v) is 7.98. The summed E-state index contributed by atoms with van der Waals surface area (Å²) in [7, 11) is -0.622. The van der Waals surface area contributed by atoms with Gasteiger partial charge in [0.2, 0.25) is 0 Å². The molecule has 1 aromatic rings. The highest BCUT2D eigenvalue weighted by atomic mass is 35.5. The number of thiol groups is 1. The predicted octanol–water partition coefficient (Wildman–Crippen LogP) is 1.30. The molecule has 1 aliphatic heterocycles. The summed E-state index contributed by atoms with van der Waals surface area (Å²) >= 11 is 6.20. The average molecular weight is 332 g/mol. The summed E-state index contributed by atoms with van der Waals surface area (Å²) in [6.45, 7) is 1.56. The van der Waals surface area contributed by atoms with Gasteiger partial charge in [-0.25, -0.2) is 13.6 Å². The van der Waals surface area contributed by atoms with Crippen molar-refractivity contribution in [2.75, 3.05) is 25.2 Å². The number of nitriles is 1. The fourth-order valence-electron chi connectivity index (χ4n) is 2.22. The van der Waals surface area contributed by atoms with Gasteiger partial charge in [-0.3, -0.25) is 0 Å². The van der Waals surface area contributed by atoms with E-state index >= 15 is 0 Å². The van der Waals surface area contributed by atoms with Gasteiger partial charge in [-0.1, -0.05) is 17.7 Å². The normalized spacial score (nSPS) is 15.0. The molecule has 0 aromatic heterocycles. The number of hydrogen-bond acceptors (Lipinski definition) is 5. The number of benzene rings is 1. The SMILES string of the molecule is CN(c1c(Cl)cccc1C#N)C1CCOCC1.N[SH](=O)=O. The monoisotopic (exact) mass is 331 g/mol. The van der Waals surface area contributed by atoms with Crippen molar-refractivity contribution in [2.24, 2.45) is 5.14 Å². The van der Waals surface area contributed by atoms with Crippen LogP contribution in [0.5, 0.6) is 0 Å². The lowest BCUT2D eigenvalue weighted by atomic mass is 10.1. The number of anilines is 1. The van der Waals surface area contributed by atoms with Crippen LogP contribution in [0, 0.1) is 11.3 Å². The molecule has 2 N–H and O–H groups in total. The molecule has 0 saturated carbocycles. The largest absolute Gasteiger partial charge is 0.381 e. The lowest BCUT2D eigenvalue weighted by Gasteiger charge is -2.33. The maximum Gasteiger partial charge on any atom is 0.198 e. The molecule has 2 rings (SSSR count). The predicted molar refractivity (Wildman–Crippen MR) is 82.9 cm³/mol. The fraction of sp³-hybridized carbons (Fsp3) is 0.462. The molecular weight excluding hydrogens is 314 g/mol. The summed E-state index contributed by atoms with van der Waals surface area (Å²) in [6, 6.07) is 8.04. The van der Waals surface area contributed by atoms with Crippen molar-refractivity contribution in [1.82, 2.24) is 0 Å². The van der Waals surface area contributed by atoms with E-state index in [4.69, 9.17) is 30.0 Å². The minimum absolute atomic E-state index is 0.399. The Hall–Kier alpha value is -1.33. The Morgan fingerprint density at radius 3 is 2.52 bits per heavy atom. The second-order valence-electron chi connectivity index (χ2n) is 4.49. The molecule has 21 heavy (non-hydrogen) atoms. The first-order chi connectivity index (χ1) is 9.97. The van der Waals surface area contributed by atoms with E-state index in [0.29, 0.717) is 16.6 Å². The number of nitrogens with zero attached hydrogens (tertiary/aromatic N) is 2. The number of halogens is 1. The van der Waals surface area contributed by atoms with Gasteiger partial charge < -0.3 is 9.64 Å². The zero-order chi connectivity index (χ0) is 15.8. The van der Waals surface area contributed by atoms with E-state index in [2.05, 4.69) is 16.1 Å². The van der Waals surface area contributed by atoms with Crippen molar-refractivity contribution in [2.45, 2.75) is 18.9 Å². The van der Waals surface area contributed by atoms with Crippen molar-refractivity contribution >= 4 is 28.2 Å². The van der Waals surface area contributed by atoms with Crippen LogP contribution in [0.1, 0.15) is 18.4 Å². The molecule has 1 saturated heterocycles. The van der Waals surface area contributed by atoms with E-state index in [1.807, 2.05) is 19.2 Å². The number of para-hydroxylation sites is 1. The molecule has 0 radical (unpaired) electrons. The maximum absolute atomic E-state index is 9.13. The fourth-order valence-corrected chi connectivity index (χ4v) is 2.53. The van der Waals surface area contributed by atoms with Crippen molar-refractivity contribution < 1.29 is 13.2 Å². The Labute approximate surface area is 131 Å². The van der Waals surface area contributed by atoms with Crippen LogP contribution in [0.3, 0.4) is 0 Å². The van der Waals surface area contributed by atoms with Crippen LogP contribution in [0.2, 0.25) is 5.02 Å². The van der Waals surface area contributed by atoms with Crippen LogP contribution in [0.15, 0.2) is 18.2 Å². The molecule has 0 unspecified atom stereocenters. The smallest absolute Gasteiger partial charge is 0.198 e. The Balaban J connectivity index is 0.000000491. The summed E-state index contributed by atoms with van der Waals surface area (Å²) in [6.07, 6.45) is 1.96. The van der Waals surface area contributed by atoms with Gasteiger partial charge in [0.25, 0.3) is 0 Å². The van der Waals surface area contributed by atoms with Gasteiger partial charge in [0.15, 0.2) is 10.9 Å². The standard InChI is InChI=1S/C13H15ClN2O.H3NO2S/c1-16(11-5-7-17-8-6-11)13-10(9-15)3-2-4-12(13)14;1-4(2)3/h2-4,11H,5-8H2,1H3;4H,(H2,1,2,3). The Bertz CT molecular complexity index is 573. The summed E-state index contributed by atoms with van der Waals surface area (Å²) in [5.74, 6) is 0. The second-order valence-corrected chi connectivity index (χ2v) is 5.47.